The second kappa shape index (κ2) is 7.15. The minimum absolute atomic E-state index is 0.0330. The van der Waals surface area contributed by atoms with Gasteiger partial charge in [-0.3, -0.25) is 4.79 Å². The maximum absolute atomic E-state index is 12.7. The fourth-order valence-electron chi connectivity index (χ4n) is 4.37. The number of rotatable bonds is 4. The molecule has 0 saturated heterocycles. The van der Waals surface area contributed by atoms with Gasteiger partial charge in [-0.15, -0.1) is 11.3 Å². The van der Waals surface area contributed by atoms with Gasteiger partial charge in [-0.25, -0.2) is 4.98 Å². The van der Waals surface area contributed by atoms with Gasteiger partial charge in [0, 0.05) is 10.4 Å². The average Bonchev–Trinajstić information content (AvgIpc) is 3.10. The number of quaternary nitrogens is 1. The number of nitrogens with two attached hydrogens (primary N) is 1. The van der Waals surface area contributed by atoms with Crippen LogP contribution in [0.25, 0.3) is 21.0 Å². The highest BCUT2D eigenvalue weighted by molar-refractivity contribution is 7.18. The normalized spacial score (nSPS) is 15.0. The van der Waals surface area contributed by atoms with Crippen LogP contribution < -0.4 is 10.9 Å². The van der Waals surface area contributed by atoms with Crippen LogP contribution in [-0.4, -0.2) is 9.97 Å². The summed E-state index contributed by atoms with van der Waals surface area (Å²) >= 11 is 1.72. The first-order chi connectivity index (χ1) is 13.7. The van der Waals surface area contributed by atoms with Crippen molar-refractivity contribution in [3.63, 3.8) is 0 Å². The third-order valence-corrected chi connectivity index (χ3v) is 7.04. The predicted molar refractivity (Wildman–Crippen MR) is 115 cm³/mol. The van der Waals surface area contributed by atoms with Crippen molar-refractivity contribution in [2.45, 2.75) is 45.2 Å². The van der Waals surface area contributed by atoms with Crippen LogP contribution in [0.4, 0.5) is 0 Å². The first-order valence-electron chi connectivity index (χ1n) is 10.0. The molecule has 0 amide bonds. The standard InChI is InChI=1S/C23H23N3OS/c1-14(16-11-6-8-15-7-2-3-9-17(15)16)24-13-20-25-22(27)21-18-10-4-5-12-19(18)28-23(21)26-20/h2-3,6-9,11,14,24H,4-5,10,12-13H2,1H3,(H,25,26,27)/p+1/t14-/m0/s1. The molecule has 0 aliphatic heterocycles. The van der Waals surface area contributed by atoms with Gasteiger partial charge in [0.25, 0.3) is 5.56 Å². The highest BCUT2D eigenvalue weighted by Crippen LogP contribution is 2.33. The number of nitrogens with zero attached hydrogens (tertiary/aromatic N) is 1. The van der Waals surface area contributed by atoms with E-state index in [2.05, 4.69) is 59.7 Å². The average molecular weight is 391 g/mol. The van der Waals surface area contributed by atoms with Crippen molar-refractivity contribution in [3.05, 3.63) is 74.6 Å². The molecule has 142 valence electrons. The van der Waals surface area contributed by atoms with E-state index in [1.165, 1.54) is 39.6 Å². The van der Waals surface area contributed by atoms with Crippen molar-refractivity contribution >= 4 is 32.3 Å². The summed E-state index contributed by atoms with van der Waals surface area (Å²) in [5, 5.41) is 5.64. The Kier molecular flexibility index (Phi) is 4.49. The Labute approximate surface area is 167 Å². The molecule has 2 aromatic heterocycles. The van der Waals surface area contributed by atoms with E-state index in [0.717, 1.165) is 28.9 Å². The van der Waals surface area contributed by atoms with Gasteiger partial charge in [-0.05, 0) is 48.9 Å². The Morgan fingerprint density at radius 2 is 1.96 bits per heavy atom. The number of benzene rings is 2. The second-order valence-corrected chi connectivity index (χ2v) is 8.78. The summed E-state index contributed by atoms with van der Waals surface area (Å²) < 4.78 is 0. The van der Waals surface area contributed by atoms with Crippen LogP contribution >= 0.6 is 11.3 Å². The van der Waals surface area contributed by atoms with E-state index in [0.29, 0.717) is 6.54 Å². The lowest BCUT2D eigenvalue weighted by atomic mass is 9.97. The third-order valence-electron chi connectivity index (χ3n) is 5.85. The van der Waals surface area contributed by atoms with E-state index >= 15 is 0 Å². The van der Waals surface area contributed by atoms with Crippen LogP contribution in [0.2, 0.25) is 0 Å². The Morgan fingerprint density at radius 3 is 2.89 bits per heavy atom. The van der Waals surface area contributed by atoms with Crippen LogP contribution in [0.15, 0.2) is 47.3 Å². The molecule has 3 N–H and O–H groups in total. The summed E-state index contributed by atoms with van der Waals surface area (Å²) in [6, 6.07) is 15.2. The van der Waals surface area contributed by atoms with Crippen molar-refractivity contribution in [1.82, 2.24) is 9.97 Å². The monoisotopic (exact) mass is 390 g/mol. The molecule has 5 rings (SSSR count). The third kappa shape index (κ3) is 3.05. The molecule has 5 heteroatoms. The van der Waals surface area contributed by atoms with Crippen molar-refractivity contribution in [2.75, 3.05) is 0 Å². The highest BCUT2D eigenvalue weighted by atomic mass is 32.1. The second-order valence-electron chi connectivity index (χ2n) is 7.70. The van der Waals surface area contributed by atoms with E-state index < -0.39 is 0 Å². The molecule has 0 saturated carbocycles. The molecule has 1 aliphatic carbocycles. The molecule has 4 nitrogen and oxygen atoms in total. The van der Waals surface area contributed by atoms with Crippen molar-refractivity contribution in [1.29, 1.82) is 0 Å². The van der Waals surface area contributed by atoms with Crippen LogP contribution in [0.3, 0.4) is 0 Å². The molecule has 2 aromatic carbocycles. The Bertz CT molecular complexity index is 1220. The zero-order valence-corrected chi connectivity index (χ0v) is 16.8. The Morgan fingerprint density at radius 1 is 1.14 bits per heavy atom. The van der Waals surface area contributed by atoms with Gasteiger partial charge < -0.3 is 10.3 Å². The number of thiophene rings is 1. The van der Waals surface area contributed by atoms with Crippen molar-refractivity contribution in [2.24, 2.45) is 0 Å². The summed E-state index contributed by atoms with van der Waals surface area (Å²) in [4.78, 5) is 22.8. The van der Waals surface area contributed by atoms with Gasteiger partial charge in [-0.2, -0.15) is 0 Å². The smallest absolute Gasteiger partial charge is 0.260 e. The minimum Gasteiger partial charge on any atom is -0.334 e. The molecule has 0 unspecified atom stereocenters. The first kappa shape index (κ1) is 17.6. The lowest BCUT2D eigenvalue weighted by Gasteiger charge is -2.13. The van der Waals surface area contributed by atoms with E-state index in [1.54, 1.807) is 11.3 Å². The SMILES string of the molecule is C[C@H]([NH2+]Cc1nc2sc3c(c2c(=O)[nH]1)CCCC3)c1cccc2ccccc12. The van der Waals surface area contributed by atoms with Crippen LogP contribution in [0, 0.1) is 0 Å². The predicted octanol–water partition coefficient (Wildman–Crippen LogP) is 3.84. The number of fused-ring (bicyclic) bond motifs is 4. The molecule has 1 aliphatic rings. The van der Waals surface area contributed by atoms with Gasteiger partial charge in [-0.1, -0.05) is 42.5 Å². The van der Waals surface area contributed by atoms with Crippen LogP contribution in [0.5, 0.6) is 0 Å². The summed E-state index contributed by atoms with van der Waals surface area (Å²) in [5.41, 5.74) is 2.60. The molecule has 1 atom stereocenters. The summed E-state index contributed by atoms with van der Waals surface area (Å²) in [7, 11) is 0. The van der Waals surface area contributed by atoms with Gasteiger partial charge >= 0.3 is 0 Å². The number of aromatic amines is 1. The number of nitrogens with one attached hydrogen (secondary N) is 1. The summed E-state index contributed by atoms with van der Waals surface area (Å²) in [6.45, 7) is 2.88. The van der Waals surface area contributed by atoms with E-state index in [9.17, 15) is 4.79 Å². The topological polar surface area (TPSA) is 62.4 Å². The maximum atomic E-state index is 12.7. The molecule has 0 radical (unpaired) electrons. The number of hydrogen-bond donors (Lipinski definition) is 2. The van der Waals surface area contributed by atoms with Gasteiger partial charge in [0.2, 0.25) is 0 Å². The lowest BCUT2D eigenvalue weighted by Crippen LogP contribution is -2.83. The molecule has 0 fully saturated rings. The molecule has 0 spiro atoms. The van der Waals surface area contributed by atoms with E-state index in [4.69, 9.17) is 4.98 Å². The van der Waals surface area contributed by atoms with Gasteiger partial charge in [0.05, 0.1) is 5.39 Å². The first-order valence-corrected chi connectivity index (χ1v) is 10.9. The van der Waals surface area contributed by atoms with E-state index in [-0.39, 0.29) is 11.6 Å². The zero-order valence-electron chi connectivity index (χ0n) is 16.0. The van der Waals surface area contributed by atoms with Crippen LogP contribution in [0.1, 0.15) is 47.6 Å². The van der Waals surface area contributed by atoms with Crippen molar-refractivity contribution < 1.29 is 5.32 Å². The van der Waals surface area contributed by atoms with Gasteiger partial charge in [0.1, 0.15) is 17.4 Å². The number of hydrogen-bond acceptors (Lipinski definition) is 3. The fourth-order valence-corrected chi connectivity index (χ4v) is 5.65. The Balaban J connectivity index is 1.42. The van der Waals surface area contributed by atoms with Gasteiger partial charge in [0.15, 0.2) is 5.82 Å². The largest absolute Gasteiger partial charge is 0.334 e. The summed E-state index contributed by atoms with van der Waals surface area (Å²) in [5.74, 6) is 0.767. The molecule has 28 heavy (non-hydrogen) atoms. The minimum atomic E-state index is 0.0330. The lowest BCUT2D eigenvalue weighted by molar-refractivity contribution is -0.708. The fraction of sp³-hybridized carbons (Fsp3) is 0.304. The number of aromatic nitrogens is 2. The molecular weight excluding hydrogens is 366 g/mol. The van der Waals surface area contributed by atoms with E-state index in [1.807, 2.05) is 0 Å². The molecule has 4 aromatic rings. The molecular formula is C23H24N3OS+. The van der Waals surface area contributed by atoms with Crippen LogP contribution in [-0.2, 0) is 19.4 Å². The zero-order chi connectivity index (χ0) is 19.1. The quantitative estimate of drug-likeness (QED) is 0.556. The summed E-state index contributed by atoms with van der Waals surface area (Å²) in [6.07, 6.45) is 4.51. The Hall–Kier alpha value is -2.50. The number of H-pyrrole nitrogens is 1. The van der Waals surface area contributed by atoms with Crippen molar-refractivity contribution in [3.8, 4) is 0 Å². The molecule has 0 bridgehead atoms. The highest BCUT2D eigenvalue weighted by Gasteiger charge is 2.20. The number of aryl methyl sites for hydroxylation is 2. The maximum Gasteiger partial charge on any atom is 0.260 e. The molecule has 2 heterocycles.